The zero-order chi connectivity index (χ0) is 21.9. The van der Waals surface area contributed by atoms with E-state index in [0.717, 1.165) is 27.8 Å². The van der Waals surface area contributed by atoms with E-state index in [1.165, 1.54) is 0 Å². The van der Waals surface area contributed by atoms with E-state index in [-0.39, 0.29) is 5.91 Å². The van der Waals surface area contributed by atoms with Gasteiger partial charge in [-0.2, -0.15) is 5.10 Å². The fraction of sp³-hybridized carbons (Fsp3) is 0. The number of carbonyl (C=O) groups excluding carboxylic acids is 1. The average Bonchev–Trinajstić information content (AvgIpc) is 3.29. The molecule has 0 radical (unpaired) electrons. The van der Waals surface area contributed by atoms with Crippen LogP contribution in [-0.2, 0) is 0 Å². The van der Waals surface area contributed by atoms with Gasteiger partial charge < -0.3 is 16.4 Å². The maximum absolute atomic E-state index is 12.5. The summed E-state index contributed by atoms with van der Waals surface area (Å²) in [5.74, 6) is 0.633. The van der Waals surface area contributed by atoms with E-state index in [9.17, 15) is 4.79 Å². The van der Waals surface area contributed by atoms with Crippen molar-refractivity contribution in [1.29, 1.82) is 0 Å². The predicted molar refractivity (Wildman–Crippen MR) is 126 cm³/mol. The van der Waals surface area contributed by atoms with Crippen molar-refractivity contribution in [2.75, 3.05) is 16.4 Å². The van der Waals surface area contributed by atoms with E-state index in [1.807, 2.05) is 48.5 Å². The third-order valence-corrected chi connectivity index (χ3v) is 5.00. The lowest BCUT2D eigenvalue weighted by molar-refractivity contribution is 0.102. The molecule has 8 nitrogen and oxygen atoms in total. The number of nitrogens with zero attached hydrogens (tertiary/aromatic N) is 3. The Balaban J connectivity index is 1.44. The average molecular weight is 421 g/mol. The predicted octanol–water partition coefficient (Wildman–Crippen LogP) is 4.60. The van der Waals surface area contributed by atoms with Crippen molar-refractivity contribution >= 4 is 39.8 Å². The summed E-state index contributed by atoms with van der Waals surface area (Å²) in [6.07, 6.45) is 3.30. The first-order valence-electron chi connectivity index (χ1n) is 9.96. The Morgan fingerprint density at radius 3 is 2.44 bits per heavy atom. The van der Waals surface area contributed by atoms with Crippen LogP contribution in [0.25, 0.3) is 22.2 Å². The SMILES string of the molecule is Nc1ncc(Nc2ccccc2)c2[nH]nc(-c3ccc(C(=O)Nc4ccccn4)cc3)c12. The second kappa shape index (κ2) is 8.19. The van der Waals surface area contributed by atoms with E-state index in [4.69, 9.17) is 5.73 Å². The number of nitrogens with two attached hydrogens (primary N) is 1. The fourth-order valence-electron chi connectivity index (χ4n) is 3.43. The van der Waals surface area contributed by atoms with E-state index in [0.29, 0.717) is 22.9 Å². The second-order valence-corrected chi connectivity index (χ2v) is 7.12. The number of H-pyrrole nitrogens is 1. The normalized spacial score (nSPS) is 10.8. The molecule has 5 N–H and O–H groups in total. The fourth-order valence-corrected chi connectivity index (χ4v) is 3.43. The van der Waals surface area contributed by atoms with Gasteiger partial charge in [0.05, 0.1) is 22.8 Å². The Bertz CT molecular complexity index is 1380. The molecule has 0 unspecified atom stereocenters. The van der Waals surface area contributed by atoms with Gasteiger partial charge in [0.15, 0.2) is 0 Å². The summed E-state index contributed by atoms with van der Waals surface area (Å²) in [5.41, 5.74) is 10.6. The number of para-hydroxylation sites is 1. The molecule has 32 heavy (non-hydrogen) atoms. The highest BCUT2D eigenvalue weighted by molar-refractivity contribution is 6.07. The molecule has 3 heterocycles. The number of carbonyl (C=O) groups is 1. The van der Waals surface area contributed by atoms with Gasteiger partial charge in [0, 0.05) is 23.0 Å². The molecule has 0 fully saturated rings. The zero-order valence-corrected chi connectivity index (χ0v) is 16.9. The number of fused-ring (bicyclic) bond motifs is 1. The van der Waals surface area contributed by atoms with Crippen molar-refractivity contribution in [3.8, 4) is 11.3 Å². The molecule has 3 aromatic heterocycles. The van der Waals surface area contributed by atoms with Crippen LogP contribution < -0.4 is 16.4 Å². The molecule has 1 amide bonds. The van der Waals surface area contributed by atoms with Crippen LogP contribution >= 0.6 is 0 Å². The Labute approximate surface area is 183 Å². The van der Waals surface area contributed by atoms with Gasteiger partial charge in [-0.1, -0.05) is 36.4 Å². The second-order valence-electron chi connectivity index (χ2n) is 7.12. The number of hydrogen-bond acceptors (Lipinski definition) is 6. The van der Waals surface area contributed by atoms with Gasteiger partial charge >= 0.3 is 0 Å². The molecular weight excluding hydrogens is 402 g/mol. The molecular formula is C24H19N7O. The van der Waals surface area contributed by atoms with Crippen molar-refractivity contribution in [3.63, 3.8) is 0 Å². The van der Waals surface area contributed by atoms with Gasteiger partial charge in [-0.15, -0.1) is 0 Å². The van der Waals surface area contributed by atoms with Crippen LogP contribution in [0.15, 0.2) is 85.2 Å². The molecule has 0 saturated carbocycles. The molecule has 0 spiro atoms. The summed E-state index contributed by atoms with van der Waals surface area (Å²) in [6.45, 7) is 0. The van der Waals surface area contributed by atoms with Crippen LogP contribution in [0, 0.1) is 0 Å². The minimum Gasteiger partial charge on any atom is -0.383 e. The Hall–Kier alpha value is -4.72. The number of hydrogen-bond donors (Lipinski definition) is 4. The number of nitrogens with one attached hydrogen (secondary N) is 3. The number of pyridine rings is 2. The molecule has 0 aliphatic carbocycles. The molecule has 156 valence electrons. The van der Waals surface area contributed by atoms with Gasteiger partial charge in [-0.25, -0.2) is 9.97 Å². The van der Waals surface area contributed by atoms with Crippen LogP contribution in [0.1, 0.15) is 10.4 Å². The van der Waals surface area contributed by atoms with Crippen molar-refractivity contribution in [3.05, 3.63) is 90.8 Å². The van der Waals surface area contributed by atoms with Crippen molar-refractivity contribution in [1.82, 2.24) is 20.2 Å². The first-order valence-corrected chi connectivity index (χ1v) is 9.96. The van der Waals surface area contributed by atoms with E-state index in [2.05, 4.69) is 30.8 Å². The summed E-state index contributed by atoms with van der Waals surface area (Å²) in [7, 11) is 0. The van der Waals surface area contributed by atoms with Crippen molar-refractivity contribution < 1.29 is 4.79 Å². The third-order valence-electron chi connectivity index (χ3n) is 5.00. The number of aromatic amines is 1. The number of aromatic nitrogens is 4. The molecule has 0 aliphatic rings. The Morgan fingerprint density at radius 2 is 1.69 bits per heavy atom. The molecule has 5 aromatic rings. The number of rotatable bonds is 5. The highest BCUT2D eigenvalue weighted by atomic mass is 16.1. The van der Waals surface area contributed by atoms with Crippen LogP contribution in [0.4, 0.5) is 23.0 Å². The number of nitrogen functional groups attached to an aromatic ring is 1. The van der Waals surface area contributed by atoms with Gasteiger partial charge in [-0.3, -0.25) is 9.89 Å². The molecule has 5 rings (SSSR count). The minimum absolute atomic E-state index is 0.238. The first kappa shape index (κ1) is 19.3. The summed E-state index contributed by atoms with van der Waals surface area (Å²) < 4.78 is 0. The lowest BCUT2D eigenvalue weighted by Gasteiger charge is -2.08. The maximum Gasteiger partial charge on any atom is 0.256 e. The quantitative estimate of drug-likeness (QED) is 0.329. The standard InChI is InChI=1S/C24H19N7O/c25-23-20-21(30-31-22(20)18(14-27-23)28-17-6-2-1-3-7-17)15-9-11-16(12-10-15)24(32)29-19-8-4-5-13-26-19/h1-14,28H,(H2,25,27)(H,30,31)(H,26,29,32). The smallest absolute Gasteiger partial charge is 0.256 e. The molecule has 0 saturated heterocycles. The molecule has 0 atom stereocenters. The van der Waals surface area contributed by atoms with E-state index >= 15 is 0 Å². The number of amides is 1. The lowest BCUT2D eigenvalue weighted by Crippen LogP contribution is -2.12. The topological polar surface area (TPSA) is 122 Å². The Morgan fingerprint density at radius 1 is 0.906 bits per heavy atom. The van der Waals surface area contributed by atoms with Gasteiger partial charge in [-0.05, 0) is 36.4 Å². The lowest BCUT2D eigenvalue weighted by atomic mass is 10.1. The van der Waals surface area contributed by atoms with Crippen molar-refractivity contribution in [2.24, 2.45) is 0 Å². The Kier molecular flexibility index (Phi) is 4.93. The van der Waals surface area contributed by atoms with Crippen LogP contribution in [0.5, 0.6) is 0 Å². The van der Waals surface area contributed by atoms with Gasteiger partial charge in [0.1, 0.15) is 17.3 Å². The minimum atomic E-state index is -0.238. The van der Waals surface area contributed by atoms with Crippen LogP contribution in [-0.4, -0.2) is 26.1 Å². The number of anilines is 4. The molecule has 2 aromatic carbocycles. The highest BCUT2D eigenvalue weighted by Crippen LogP contribution is 2.34. The van der Waals surface area contributed by atoms with Crippen molar-refractivity contribution in [2.45, 2.75) is 0 Å². The summed E-state index contributed by atoms with van der Waals surface area (Å²) in [6, 6.07) is 22.3. The third kappa shape index (κ3) is 3.72. The number of benzene rings is 2. The zero-order valence-electron chi connectivity index (χ0n) is 16.9. The molecule has 0 aliphatic heterocycles. The van der Waals surface area contributed by atoms with Crippen LogP contribution in [0.2, 0.25) is 0 Å². The monoisotopic (exact) mass is 421 g/mol. The summed E-state index contributed by atoms with van der Waals surface area (Å²) >= 11 is 0. The largest absolute Gasteiger partial charge is 0.383 e. The summed E-state index contributed by atoms with van der Waals surface area (Å²) in [4.78, 5) is 20.9. The van der Waals surface area contributed by atoms with E-state index < -0.39 is 0 Å². The van der Waals surface area contributed by atoms with E-state index in [1.54, 1.807) is 36.7 Å². The van der Waals surface area contributed by atoms with Gasteiger partial charge in [0.25, 0.3) is 5.91 Å². The summed E-state index contributed by atoms with van der Waals surface area (Å²) in [5, 5.41) is 14.4. The molecule has 8 heteroatoms. The van der Waals surface area contributed by atoms with Crippen LogP contribution in [0.3, 0.4) is 0 Å². The first-order chi connectivity index (χ1) is 15.7. The molecule has 0 bridgehead atoms. The maximum atomic E-state index is 12.5. The highest BCUT2D eigenvalue weighted by Gasteiger charge is 2.16. The van der Waals surface area contributed by atoms with Gasteiger partial charge in [0.2, 0.25) is 0 Å².